The highest BCUT2D eigenvalue weighted by atomic mass is 35.5. The Morgan fingerprint density at radius 2 is 1.95 bits per heavy atom. The van der Waals surface area contributed by atoms with Gasteiger partial charge in [-0.2, -0.15) is 0 Å². The first-order chi connectivity index (χ1) is 9.67. The van der Waals surface area contributed by atoms with Crippen LogP contribution in [0.15, 0.2) is 42.6 Å². The van der Waals surface area contributed by atoms with E-state index in [9.17, 15) is 4.79 Å². The number of nitrogens with zero attached hydrogens (tertiary/aromatic N) is 1. The van der Waals surface area contributed by atoms with Gasteiger partial charge in [0, 0.05) is 11.9 Å². The van der Waals surface area contributed by atoms with Gasteiger partial charge in [0.05, 0.1) is 11.6 Å². The summed E-state index contributed by atoms with van der Waals surface area (Å²) in [6, 6.07) is 10.0. The number of nitrogens with one attached hydrogen (secondary N) is 2. The van der Waals surface area contributed by atoms with E-state index >= 15 is 0 Å². The van der Waals surface area contributed by atoms with Crippen molar-refractivity contribution < 1.29 is 9.53 Å². The lowest BCUT2D eigenvalue weighted by atomic mass is 10.3. The van der Waals surface area contributed by atoms with E-state index in [2.05, 4.69) is 15.6 Å². The van der Waals surface area contributed by atoms with Crippen LogP contribution in [0.4, 0.5) is 16.3 Å². The van der Waals surface area contributed by atoms with Gasteiger partial charge >= 0.3 is 6.03 Å². The first-order valence-electron chi connectivity index (χ1n) is 6.10. The van der Waals surface area contributed by atoms with Crippen molar-refractivity contribution in [3.8, 4) is 5.75 Å². The van der Waals surface area contributed by atoms with Crippen LogP contribution in [0.5, 0.6) is 5.75 Å². The lowest BCUT2D eigenvalue weighted by Crippen LogP contribution is -2.19. The van der Waals surface area contributed by atoms with E-state index in [4.69, 9.17) is 16.3 Å². The first-order valence-corrected chi connectivity index (χ1v) is 6.47. The molecule has 0 unspecified atom stereocenters. The molecule has 1 aromatic carbocycles. The molecule has 0 atom stereocenters. The molecule has 6 heteroatoms. The number of carbonyl (C=O) groups excluding carboxylic acids is 1. The van der Waals surface area contributed by atoms with Gasteiger partial charge < -0.3 is 10.1 Å². The molecule has 2 N–H and O–H groups in total. The van der Waals surface area contributed by atoms with Crippen molar-refractivity contribution >= 4 is 29.1 Å². The van der Waals surface area contributed by atoms with Crippen LogP contribution < -0.4 is 15.4 Å². The normalized spacial score (nSPS) is 9.90. The number of hydrogen-bond donors (Lipinski definition) is 2. The lowest BCUT2D eigenvalue weighted by molar-refractivity contribution is 0.262. The Morgan fingerprint density at radius 3 is 2.55 bits per heavy atom. The van der Waals surface area contributed by atoms with Crippen LogP contribution in [0, 0.1) is 0 Å². The van der Waals surface area contributed by atoms with E-state index in [1.807, 2.05) is 6.92 Å². The fraction of sp³-hybridized carbons (Fsp3) is 0.143. The van der Waals surface area contributed by atoms with Gasteiger partial charge in [0.15, 0.2) is 0 Å². The molecule has 0 fully saturated rings. The zero-order valence-corrected chi connectivity index (χ0v) is 11.6. The maximum Gasteiger partial charge on any atom is 0.324 e. The highest BCUT2D eigenvalue weighted by Gasteiger charge is 2.03. The maximum absolute atomic E-state index is 11.8. The number of pyridine rings is 1. The summed E-state index contributed by atoms with van der Waals surface area (Å²) >= 11 is 5.72. The topological polar surface area (TPSA) is 63.2 Å². The van der Waals surface area contributed by atoms with Gasteiger partial charge in [-0.1, -0.05) is 11.6 Å². The van der Waals surface area contributed by atoms with Gasteiger partial charge in [-0.05, 0) is 43.3 Å². The van der Waals surface area contributed by atoms with Crippen molar-refractivity contribution in [2.75, 3.05) is 17.2 Å². The van der Waals surface area contributed by atoms with Gasteiger partial charge in [-0.3, -0.25) is 5.32 Å². The summed E-state index contributed by atoms with van der Waals surface area (Å²) in [4.78, 5) is 15.7. The third-order valence-electron chi connectivity index (χ3n) is 2.39. The Hall–Kier alpha value is -2.27. The van der Waals surface area contributed by atoms with E-state index in [1.54, 1.807) is 36.4 Å². The van der Waals surface area contributed by atoms with Gasteiger partial charge in [0.2, 0.25) is 0 Å². The van der Waals surface area contributed by atoms with E-state index in [0.29, 0.717) is 23.1 Å². The molecule has 0 aliphatic carbocycles. The number of aromatic nitrogens is 1. The van der Waals surface area contributed by atoms with Crippen LogP contribution in [-0.2, 0) is 0 Å². The number of halogens is 1. The minimum Gasteiger partial charge on any atom is -0.494 e. The number of benzene rings is 1. The quantitative estimate of drug-likeness (QED) is 0.901. The number of carbonyl (C=O) groups is 1. The molecular weight excluding hydrogens is 278 g/mol. The lowest BCUT2D eigenvalue weighted by Gasteiger charge is -2.08. The molecule has 2 aromatic rings. The van der Waals surface area contributed by atoms with E-state index in [0.717, 1.165) is 5.75 Å². The number of anilines is 2. The Kier molecular flexibility index (Phi) is 4.79. The fourth-order valence-corrected chi connectivity index (χ4v) is 1.64. The molecule has 0 aliphatic heterocycles. The summed E-state index contributed by atoms with van der Waals surface area (Å²) in [5.74, 6) is 1.19. The summed E-state index contributed by atoms with van der Waals surface area (Å²) < 4.78 is 5.32. The molecule has 1 heterocycles. The molecule has 0 radical (unpaired) electrons. The minimum absolute atomic E-state index is 0.371. The predicted molar refractivity (Wildman–Crippen MR) is 79.5 cm³/mol. The minimum atomic E-state index is -0.371. The van der Waals surface area contributed by atoms with Crippen molar-refractivity contribution in [2.45, 2.75) is 6.92 Å². The van der Waals surface area contributed by atoms with Gasteiger partial charge in [-0.25, -0.2) is 9.78 Å². The Bertz CT molecular complexity index is 570. The standard InChI is InChI=1S/C14H14ClN3O2/c1-2-20-12-6-4-11(5-7-12)17-14(19)18-13-8-3-10(15)9-16-13/h3-9H,2H2,1H3,(H2,16,17,18,19). The van der Waals surface area contributed by atoms with Crippen LogP contribution >= 0.6 is 11.6 Å². The van der Waals surface area contributed by atoms with Crippen LogP contribution in [0.2, 0.25) is 5.02 Å². The summed E-state index contributed by atoms with van der Waals surface area (Å²) in [7, 11) is 0. The van der Waals surface area contributed by atoms with Crippen molar-refractivity contribution in [1.29, 1.82) is 0 Å². The van der Waals surface area contributed by atoms with Crippen LogP contribution in [0.1, 0.15) is 6.92 Å². The molecule has 5 nitrogen and oxygen atoms in total. The molecule has 2 amide bonds. The molecule has 0 saturated carbocycles. The summed E-state index contributed by atoms with van der Waals surface area (Å²) in [5, 5.41) is 5.82. The van der Waals surface area contributed by atoms with E-state index in [-0.39, 0.29) is 6.03 Å². The zero-order valence-electron chi connectivity index (χ0n) is 10.9. The van der Waals surface area contributed by atoms with Gasteiger partial charge in [-0.15, -0.1) is 0 Å². The molecule has 0 spiro atoms. The Morgan fingerprint density at radius 1 is 1.20 bits per heavy atom. The van der Waals surface area contributed by atoms with Gasteiger partial charge in [0.25, 0.3) is 0 Å². The molecule has 0 aliphatic rings. The molecule has 1 aromatic heterocycles. The predicted octanol–water partition coefficient (Wildman–Crippen LogP) is 3.78. The maximum atomic E-state index is 11.8. The van der Waals surface area contributed by atoms with Crippen LogP contribution in [0.25, 0.3) is 0 Å². The first kappa shape index (κ1) is 14.1. The number of urea groups is 1. The zero-order chi connectivity index (χ0) is 14.4. The highest BCUT2D eigenvalue weighted by molar-refractivity contribution is 6.30. The van der Waals surface area contributed by atoms with Crippen LogP contribution in [0.3, 0.4) is 0 Å². The fourth-order valence-electron chi connectivity index (χ4n) is 1.53. The van der Waals surface area contributed by atoms with Crippen LogP contribution in [-0.4, -0.2) is 17.6 Å². The monoisotopic (exact) mass is 291 g/mol. The third kappa shape index (κ3) is 4.13. The highest BCUT2D eigenvalue weighted by Crippen LogP contribution is 2.16. The average molecular weight is 292 g/mol. The largest absolute Gasteiger partial charge is 0.494 e. The second kappa shape index (κ2) is 6.77. The van der Waals surface area contributed by atoms with E-state index < -0.39 is 0 Å². The molecule has 104 valence electrons. The summed E-state index contributed by atoms with van der Waals surface area (Å²) in [6.45, 7) is 2.52. The molecular formula is C14H14ClN3O2. The number of amides is 2. The number of ether oxygens (including phenoxy) is 1. The van der Waals surface area contributed by atoms with Crippen molar-refractivity contribution in [2.24, 2.45) is 0 Å². The Balaban J connectivity index is 1.92. The average Bonchev–Trinajstić information content (AvgIpc) is 2.44. The van der Waals surface area contributed by atoms with Crippen molar-refractivity contribution in [3.63, 3.8) is 0 Å². The molecule has 20 heavy (non-hydrogen) atoms. The van der Waals surface area contributed by atoms with Crippen molar-refractivity contribution in [1.82, 2.24) is 4.98 Å². The third-order valence-corrected chi connectivity index (χ3v) is 2.62. The van der Waals surface area contributed by atoms with Gasteiger partial charge in [0.1, 0.15) is 11.6 Å². The SMILES string of the molecule is CCOc1ccc(NC(=O)Nc2ccc(Cl)cn2)cc1. The summed E-state index contributed by atoms with van der Waals surface area (Å²) in [6.07, 6.45) is 1.47. The summed E-state index contributed by atoms with van der Waals surface area (Å²) in [5.41, 5.74) is 0.667. The number of hydrogen-bond acceptors (Lipinski definition) is 3. The van der Waals surface area contributed by atoms with E-state index in [1.165, 1.54) is 6.20 Å². The van der Waals surface area contributed by atoms with Crippen molar-refractivity contribution in [3.05, 3.63) is 47.6 Å². The smallest absolute Gasteiger partial charge is 0.324 e. The number of rotatable bonds is 4. The second-order valence-corrected chi connectivity index (χ2v) is 4.33. The second-order valence-electron chi connectivity index (χ2n) is 3.90. The molecule has 0 saturated heterocycles. The Labute approximate surface area is 121 Å². The molecule has 2 rings (SSSR count). The molecule has 0 bridgehead atoms.